The van der Waals surface area contributed by atoms with E-state index in [4.69, 9.17) is 0 Å². The lowest BCUT2D eigenvalue weighted by molar-refractivity contribution is 0.0697. The number of rotatable bonds is 4. The standard InChI is InChI=1S/C18H20N4O4S/c1-10-6-9-14-15(12(10)3)20-17(22(14)27(25,26)21(4)5)16-13(18(23)24)8-7-11(2)19-16/h6-9H,1-5H3,(H,23,24). The fourth-order valence-electron chi connectivity index (χ4n) is 2.80. The summed E-state index contributed by atoms with van der Waals surface area (Å²) < 4.78 is 28.2. The Labute approximate surface area is 157 Å². The van der Waals surface area contributed by atoms with Crippen LogP contribution in [0, 0.1) is 20.8 Å². The third-order valence-electron chi connectivity index (χ3n) is 4.48. The monoisotopic (exact) mass is 388 g/mol. The molecule has 0 aliphatic carbocycles. The van der Waals surface area contributed by atoms with Gasteiger partial charge in [0.1, 0.15) is 5.69 Å². The van der Waals surface area contributed by atoms with Crippen molar-refractivity contribution >= 4 is 27.2 Å². The first-order valence-electron chi connectivity index (χ1n) is 8.18. The van der Waals surface area contributed by atoms with Crippen molar-refractivity contribution in [2.45, 2.75) is 20.8 Å². The summed E-state index contributed by atoms with van der Waals surface area (Å²) in [6.45, 7) is 5.46. The predicted octanol–water partition coefficient (Wildman–Crippen LogP) is 2.38. The van der Waals surface area contributed by atoms with Crippen molar-refractivity contribution in [1.82, 2.24) is 18.2 Å². The third kappa shape index (κ3) is 2.98. The second-order valence-corrected chi connectivity index (χ2v) is 8.51. The number of aryl methyl sites for hydroxylation is 3. The molecule has 0 saturated carbocycles. The van der Waals surface area contributed by atoms with Crippen molar-refractivity contribution in [3.63, 3.8) is 0 Å². The van der Waals surface area contributed by atoms with Gasteiger partial charge in [-0.05, 0) is 50.1 Å². The van der Waals surface area contributed by atoms with Gasteiger partial charge in [0.2, 0.25) is 0 Å². The minimum atomic E-state index is -3.97. The Morgan fingerprint density at radius 3 is 2.33 bits per heavy atom. The smallest absolute Gasteiger partial charge is 0.338 e. The van der Waals surface area contributed by atoms with Crippen LogP contribution in [-0.2, 0) is 10.2 Å². The van der Waals surface area contributed by atoms with Crippen LogP contribution in [0.25, 0.3) is 22.6 Å². The van der Waals surface area contributed by atoms with Crippen LogP contribution in [0.4, 0.5) is 0 Å². The summed E-state index contributed by atoms with van der Waals surface area (Å²) in [5, 5.41) is 9.56. The lowest BCUT2D eigenvalue weighted by atomic mass is 10.1. The van der Waals surface area contributed by atoms with Crippen molar-refractivity contribution in [1.29, 1.82) is 0 Å². The van der Waals surface area contributed by atoms with E-state index >= 15 is 0 Å². The highest BCUT2D eigenvalue weighted by molar-refractivity contribution is 7.87. The zero-order chi connectivity index (χ0) is 20.1. The highest BCUT2D eigenvalue weighted by atomic mass is 32.2. The van der Waals surface area contributed by atoms with Gasteiger partial charge in [-0.15, -0.1) is 0 Å². The van der Waals surface area contributed by atoms with E-state index in [1.165, 1.54) is 20.2 Å². The van der Waals surface area contributed by atoms with Crippen LogP contribution in [-0.4, -0.2) is 51.8 Å². The van der Waals surface area contributed by atoms with E-state index < -0.39 is 16.2 Å². The number of benzene rings is 1. The van der Waals surface area contributed by atoms with Crippen LogP contribution >= 0.6 is 0 Å². The van der Waals surface area contributed by atoms with Gasteiger partial charge in [0, 0.05) is 19.8 Å². The quantitative estimate of drug-likeness (QED) is 0.736. The Bertz CT molecular complexity index is 1180. The van der Waals surface area contributed by atoms with Gasteiger partial charge < -0.3 is 5.11 Å². The number of imidazole rings is 1. The fraction of sp³-hybridized carbons (Fsp3) is 0.278. The molecular weight excluding hydrogens is 368 g/mol. The number of aromatic carboxylic acids is 1. The number of pyridine rings is 1. The number of aromatic nitrogens is 3. The molecule has 0 unspecified atom stereocenters. The SMILES string of the molecule is Cc1ccc(C(=O)O)c(-c2nc3c(C)c(C)ccc3n2S(=O)(=O)N(C)C)n1. The van der Waals surface area contributed by atoms with E-state index in [1.54, 1.807) is 19.1 Å². The summed E-state index contributed by atoms with van der Waals surface area (Å²) in [6.07, 6.45) is 0. The largest absolute Gasteiger partial charge is 0.478 e. The lowest BCUT2D eigenvalue weighted by Gasteiger charge is -2.16. The zero-order valence-corrected chi connectivity index (χ0v) is 16.5. The maximum Gasteiger partial charge on any atom is 0.338 e. The van der Waals surface area contributed by atoms with Crippen molar-refractivity contribution in [3.05, 3.63) is 46.6 Å². The first kappa shape index (κ1) is 19.0. The average Bonchev–Trinajstić information content (AvgIpc) is 2.98. The number of hydrogen-bond donors (Lipinski definition) is 1. The minimum Gasteiger partial charge on any atom is -0.478 e. The van der Waals surface area contributed by atoms with Crippen LogP contribution in [0.1, 0.15) is 27.2 Å². The minimum absolute atomic E-state index is 0.0150. The Morgan fingerprint density at radius 2 is 1.74 bits per heavy atom. The summed E-state index contributed by atoms with van der Waals surface area (Å²) >= 11 is 0. The molecule has 8 nitrogen and oxygen atoms in total. The normalized spacial score (nSPS) is 12.1. The number of carboxylic acid groups (broad SMARTS) is 1. The Balaban J connectivity index is 2.54. The average molecular weight is 388 g/mol. The van der Waals surface area contributed by atoms with E-state index in [2.05, 4.69) is 9.97 Å². The first-order valence-corrected chi connectivity index (χ1v) is 9.58. The van der Waals surface area contributed by atoms with Crippen molar-refractivity contribution in [2.75, 3.05) is 14.1 Å². The van der Waals surface area contributed by atoms with Gasteiger partial charge in [-0.2, -0.15) is 12.7 Å². The van der Waals surface area contributed by atoms with Gasteiger partial charge in [-0.25, -0.2) is 18.7 Å². The summed E-state index contributed by atoms with van der Waals surface area (Å²) in [5.41, 5.74) is 3.12. The fourth-order valence-corrected chi connectivity index (χ4v) is 3.87. The summed E-state index contributed by atoms with van der Waals surface area (Å²) in [5.74, 6) is -1.22. The van der Waals surface area contributed by atoms with Gasteiger partial charge in [-0.1, -0.05) is 6.07 Å². The number of carboxylic acids is 1. The summed E-state index contributed by atoms with van der Waals surface area (Å²) in [7, 11) is -1.15. The van der Waals surface area contributed by atoms with Gasteiger partial charge in [0.15, 0.2) is 5.82 Å². The van der Waals surface area contributed by atoms with Crippen molar-refractivity contribution in [2.24, 2.45) is 0 Å². The van der Waals surface area contributed by atoms with Gasteiger partial charge in [0.05, 0.1) is 16.6 Å². The molecule has 0 amide bonds. The molecule has 0 radical (unpaired) electrons. The molecule has 1 N–H and O–H groups in total. The van der Waals surface area contributed by atoms with Crippen LogP contribution < -0.4 is 0 Å². The van der Waals surface area contributed by atoms with E-state index in [1.807, 2.05) is 19.9 Å². The summed E-state index contributed by atoms with van der Waals surface area (Å²) in [6, 6.07) is 6.46. The number of fused-ring (bicyclic) bond motifs is 1. The third-order valence-corrected chi connectivity index (χ3v) is 6.23. The maximum atomic E-state index is 13.0. The van der Waals surface area contributed by atoms with E-state index in [0.717, 1.165) is 19.4 Å². The number of hydrogen-bond acceptors (Lipinski definition) is 5. The van der Waals surface area contributed by atoms with Gasteiger partial charge in [-0.3, -0.25) is 0 Å². The second-order valence-electron chi connectivity index (χ2n) is 6.52. The summed E-state index contributed by atoms with van der Waals surface area (Å²) in [4.78, 5) is 20.5. The number of nitrogens with zero attached hydrogens (tertiary/aromatic N) is 4. The molecule has 0 fully saturated rings. The molecule has 3 aromatic rings. The van der Waals surface area contributed by atoms with Crippen LogP contribution in [0.2, 0.25) is 0 Å². The highest BCUT2D eigenvalue weighted by Gasteiger charge is 2.29. The van der Waals surface area contributed by atoms with Crippen LogP contribution in [0.3, 0.4) is 0 Å². The van der Waals surface area contributed by atoms with Gasteiger partial charge in [0.25, 0.3) is 0 Å². The van der Waals surface area contributed by atoms with Crippen LogP contribution in [0.15, 0.2) is 24.3 Å². The van der Waals surface area contributed by atoms with E-state index in [9.17, 15) is 18.3 Å². The molecule has 142 valence electrons. The molecule has 0 spiro atoms. The Morgan fingerprint density at radius 1 is 1.07 bits per heavy atom. The molecule has 0 aliphatic rings. The van der Waals surface area contributed by atoms with Crippen molar-refractivity contribution in [3.8, 4) is 11.5 Å². The molecule has 27 heavy (non-hydrogen) atoms. The Hall–Kier alpha value is -2.78. The lowest BCUT2D eigenvalue weighted by Crippen LogP contribution is -2.29. The number of carbonyl (C=O) groups is 1. The van der Waals surface area contributed by atoms with Gasteiger partial charge >= 0.3 is 16.2 Å². The molecule has 0 bridgehead atoms. The van der Waals surface area contributed by atoms with Crippen LogP contribution in [0.5, 0.6) is 0 Å². The molecule has 1 aromatic carbocycles. The van der Waals surface area contributed by atoms with Crippen molar-refractivity contribution < 1.29 is 18.3 Å². The molecule has 9 heteroatoms. The predicted molar refractivity (Wildman–Crippen MR) is 102 cm³/mol. The molecule has 0 saturated heterocycles. The van der Waals surface area contributed by atoms with E-state index in [0.29, 0.717) is 16.7 Å². The second kappa shape index (κ2) is 6.43. The molecular formula is C18H20N4O4S. The molecule has 0 atom stereocenters. The van der Waals surface area contributed by atoms with E-state index in [-0.39, 0.29) is 17.1 Å². The molecule has 2 heterocycles. The first-order chi connectivity index (χ1) is 12.6. The highest BCUT2D eigenvalue weighted by Crippen LogP contribution is 2.31. The zero-order valence-electron chi connectivity index (χ0n) is 15.7. The topological polar surface area (TPSA) is 105 Å². The molecule has 3 rings (SSSR count). The maximum absolute atomic E-state index is 13.0. The molecule has 2 aromatic heterocycles. The molecule has 0 aliphatic heterocycles. The Kier molecular flexibility index (Phi) is 4.52.